The van der Waals surface area contributed by atoms with E-state index in [2.05, 4.69) is 9.97 Å². The molecule has 4 heteroatoms. The van der Waals surface area contributed by atoms with Crippen LogP contribution in [0.25, 0.3) is 0 Å². The first-order chi connectivity index (χ1) is 6.22. The Kier molecular flexibility index (Phi) is 3.37. The third kappa shape index (κ3) is 3.19. The van der Waals surface area contributed by atoms with Gasteiger partial charge in [0, 0.05) is 12.4 Å². The summed E-state index contributed by atoms with van der Waals surface area (Å²) in [5.74, 6) is 0.461. The maximum Gasteiger partial charge on any atom is 0.310 e. The average molecular weight is 180 g/mol. The third-order valence-electron chi connectivity index (χ3n) is 1.49. The number of hydrogen-bond acceptors (Lipinski definition) is 4. The molecule has 0 aliphatic heterocycles. The summed E-state index contributed by atoms with van der Waals surface area (Å²) in [7, 11) is 0. The molecular formula is C9H12N2O2. The second kappa shape index (κ2) is 4.54. The number of ether oxygens (including phenoxy) is 1. The SMILES string of the molecule is CCOC(=O)Cc1cnc(C)nc1. The molecule has 0 aromatic carbocycles. The molecule has 0 bridgehead atoms. The van der Waals surface area contributed by atoms with E-state index in [1.54, 1.807) is 26.2 Å². The van der Waals surface area contributed by atoms with Crippen LogP contribution in [-0.2, 0) is 16.0 Å². The Hall–Kier alpha value is -1.45. The number of rotatable bonds is 3. The van der Waals surface area contributed by atoms with Crippen LogP contribution >= 0.6 is 0 Å². The van der Waals surface area contributed by atoms with Gasteiger partial charge in [-0.05, 0) is 19.4 Å². The van der Waals surface area contributed by atoms with Crippen molar-refractivity contribution in [2.45, 2.75) is 20.3 Å². The van der Waals surface area contributed by atoms with E-state index in [1.807, 2.05) is 0 Å². The lowest BCUT2D eigenvalue weighted by atomic mass is 10.2. The van der Waals surface area contributed by atoms with Crippen LogP contribution in [0.5, 0.6) is 0 Å². The lowest BCUT2D eigenvalue weighted by Gasteiger charge is -2.00. The molecule has 0 unspecified atom stereocenters. The molecule has 0 radical (unpaired) electrons. The predicted molar refractivity (Wildman–Crippen MR) is 47.1 cm³/mol. The summed E-state index contributed by atoms with van der Waals surface area (Å²) in [6.45, 7) is 3.99. The minimum Gasteiger partial charge on any atom is -0.466 e. The topological polar surface area (TPSA) is 52.1 Å². The van der Waals surface area contributed by atoms with Gasteiger partial charge in [0.1, 0.15) is 5.82 Å². The van der Waals surface area contributed by atoms with Crippen molar-refractivity contribution in [1.29, 1.82) is 0 Å². The first-order valence-electron chi connectivity index (χ1n) is 4.15. The van der Waals surface area contributed by atoms with Crippen molar-refractivity contribution in [3.8, 4) is 0 Å². The van der Waals surface area contributed by atoms with Crippen molar-refractivity contribution in [2.75, 3.05) is 6.61 Å². The van der Waals surface area contributed by atoms with Crippen LogP contribution in [-0.4, -0.2) is 22.5 Å². The van der Waals surface area contributed by atoms with Gasteiger partial charge in [0.05, 0.1) is 13.0 Å². The van der Waals surface area contributed by atoms with Crippen LogP contribution in [0.1, 0.15) is 18.3 Å². The van der Waals surface area contributed by atoms with Crippen LogP contribution < -0.4 is 0 Å². The molecule has 0 aliphatic rings. The Morgan fingerprint density at radius 1 is 1.46 bits per heavy atom. The van der Waals surface area contributed by atoms with E-state index in [0.717, 1.165) is 5.56 Å². The summed E-state index contributed by atoms with van der Waals surface area (Å²) in [6, 6.07) is 0. The highest BCUT2D eigenvalue weighted by Crippen LogP contribution is 1.98. The molecule has 70 valence electrons. The van der Waals surface area contributed by atoms with E-state index in [9.17, 15) is 4.79 Å². The molecule has 0 saturated carbocycles. The van der Waals surface area contributed by atoms with Crippen molar-refractivity contribution in [3.05, 3.63) is 23.8 Å². The van der Waals surface area contributed by atoms with Crippen molar-refractivity contribution in [2.24, 2.45) is 0 Å². The first-order valence-corrected chi connectivity index (χ1v) is 4.15. The predicted octanol–water partition coefficient (Wildman–Crippen LogP) is 0.891. The van der Waals surface area contributed by atoms with Gasteiger partial charge in [-0.15, -0.1) is 0 Å². The number of carbonyl (C=O) groups excluding carboxylic acids is 1. The molecule has 0 saturated heterocycles. The average Bonchev–Trinajstić information content (AvgIpc) is 2.09. The number of esters is 1. The third-order valence-corrected chi connectivity index (χ3v) is 1.49. The van der Waals surface area contributed by atoms with Gasteiger partial charge in [-0.1, -0.05) is 0 Å². The zero-order valence-electron chi connectivity index (χ0n) is 7.78. The molecule has 0 atom stereocenters. The number of hydrogen-bond donors (Lipinski definition) is 0. The van der Waals surface area contributed by atoms with Gasteiger partial charge in [-0.25, -0.2) is 9.97 Å². The van der Waals surface area contributed by atoms with Crippen LogP contribution in [0, 0.1) is 6.92 Å². The normalized spacial score (nSPS) is 9.69. The molecule has 1 aromatic rings. The van der Waals surface area contributed by atoms with Crippen molar-refractivity contribution < 1.29 is 9.53 Å². The second-order valence-electron chi connectivity index (χ2n) is 2.62. The summed E-state index contributed by atoms with van der Waals surface area (Å²) in [5, 5.41) is 0. The van der Waals surface area contributed by atoms with Gasteiger partial charge in [0.15, 0.2) is 0 Å². The van der Waals surface area contributed by atoms with Gasteiger partial charge in [0.25, 0.3) is 0 Å². The van der Waals surface area contributed by atoms with Gasteiger partial charge in [-0.2, -0.15) is 0 Å². The van der Waals surface area contributed by atoms with E-state index in [4.69, 9.17) is 4.74 Å². The number of aromatic nitrogens is 2. The highest BCUT2D eigenvalue weighted by atomic mass is 16.5. The maximum absolute atomic E-state index is 11.0. The van der Waals surface area contributed by atoms with Gasteiger partial charge < -0.3 is 4.74 Å². The van der Waals surface area contributed by atoms with Crippen molar-refractivity contribution >= 4 is 5.97 Å². The largest absolute Gasteiger partial charge is 0.466 e. The zero-order chi connectivity index (χ0) is 9.68. The van der Waals surface area contributed by atoms with Crippen LogP contribution in [0.15, 0.2) is 12.4 Å². The van der Waals surface area contributed by atoms with Crippen LogP contribution in [0.3, 0.4) is 0 Å². The number of carbonyl (C=O) groups is 1. The Bertz CT molecular complexity index is 282. The van der Waals surface area contributed by atoms with E-state index in [0.29, 0.717) is 12.4 Å². The second-order valence-corrected chi connectivity index (χ2v) is 2.62. The Labute approximate surface area is 77.0 Å². The fourth-order valence-electron chi connectivity index (χ4n) is 0.889. The Morgan fingerprint density at radius 3 is 2.62 bits per heavy atom. The molecule has 0 fully saturated rings. The summed E-state index contributed by atoms with van der Waals surface area (Å²) in [4.78, 5) is 19.0. The Morgan fingerprint density at radius 2 is 2.08 bits per heavy atom. The molecule has 1 aromatic heterocycles. The van der Waals surface area contributed by atoms with E-state index in [-0.39, 0.29) is 12.4 Å². The summed E-state index contributed by atoms with van der Waals surface area (Å²) in [6.07, 6.45) is 3.52. The fourth-order valence-corrected chi connectivity index (χ4v) is 0.889. The molecule has 0 aliphatic carbocycles. The van der Waals surface area contributed by atoms with Crippen molar-refractivity contribution in [1.82, 2.24) is 9.97 Å². The monoisotopic (exact) mass is 180 g/mol. The maximum atomic E-state index is 11.0. The number of nitrogens with zero attached hydrogens (tertiary/aromatic N) is 2. The minimum atomic E-state index is -0.241. The molecule has 0 N–H and O–H groups in total. The van der Waals surface area contributed by atoms with Gasteiger partial charge in [-0.3, -0.25) is 4.79 Å². The molecule has 13 heavy (non-hydrogen) atoms. The van der Waals surface area contributed by atoms with Crippen LogP contribution in [0.2, 0.25) is 0 Å². The molecular weight excluding hydrogens is 168 g/mol. The highest BCUT2D eigenvalue weighted by Gasteiger charge is 2.03. The highest BCUT2D eigenvalue weighted by molar-refractivity contribution is 5.72. The lowest BCUT2D eigenvalue weighted by molar-refractivity contribution is -0.142. The summed E-state index contributed by atoms with van der Waals surface area (Å²) >= 11 is 0. The first kappa shape index (κ1) is 9.64. The molecule has 0 amide bonds. The summed E-state index contributed by atoms with van der Waals surface area (Å²) in [5.41, 5.74) is 0.782. The van der Waals surface area contributed by atoms with Crippen LogP contribution in [0.4, 0.5) is 0 Å². The summed E-state index contributed by atoms with van der Waals surface area (Å²) < 4.78 is 4.78. The lowest BCUT2D eigenvalue weighted by Crippen LogP contribution is -2.08. The smallest absolute Gasteiger partial charge is 0.310 e. The van der Waals surface area contributed by atoms with Gasteiger partial charge >= 0.3 is 5.97 Å². The molecule has 0 spiro atoms. The molecule has 1 heterocycles. The molecule has 4 nitrogen and oxygen atoms in total. The Balaban J connectivity index is 2.54. The standard InChI is InChI=1S/C9H12N2O2/c1-3-13-9(12)4-8-5-10-7(2)11-6-8/h5-6H,3-4H2,1-2H3. The fraction of sp³-hybridized carbons (Fsp3) is 0.444. The zero-order valence-corrected chi connectivity index (χ0v) is 7.78. The van der Waals surface area contributed by atoms with E-state index in [1.165, 1.54) is 0 Å². The minimum absolute atomic E-state index is 0.241. The quantitative estimate of drug-likeness (QED) is 0.648. The van der Waals surface area contributed by atoms with Crippen molar-refractivity contribution in [3.63, 3.8) is 0 Å². The van der Waals surface area contributed by atoms with E-state index >= 15 is 0 Å². The molecule has 1 rings (SSSR count). The number of aryl methyl sites for hydroxylation is 1. The van der Waals surface area contributed by atoms with E-state index < -0.39 is 0 Å². The van der Waals surface area contributed by atoms with Gasteiger partial charge in [0.2, 0.25) is 0 Å².